The Labute approximate surface area is 159 Å². The molecule has 0 aromatic rings. The molecule has 0 N–H and O–H groups in total. The Kier molecular flexibility index (Phi) is 4.67. The van der Waals surface area contributed by atoms with Crippen molar-refractivity contribution >= 4 is 14.1 Å². The first-order chi connectivity index (χ1) is 11.8. The molecular formula is C21H36O4Si. The molecule has 148 valence electrons. The van der Waals surface area contributed by atoms with Gasteiger partial charge in [-0.15, -0.1) is 0 Å². The summed E-state index contributed by atoms with van der Waals surface area (Å²) in [5.41, 5.74) is 0.660. The molecule has 0 bridgehead atoms. The van der Waals surface area contributed by atoms with E-state index in [-0.39, 0.29) is 27.8 Å². The third-order valence-corrected chi connectivity index (χ3v) is 12.0. The first kappa shape index (κ1) is 20.2. The van der Waals surface area contributed by atoms with E-state index in [1.54, 1.807) is 0 Å². The summed E-state index contributed by atoms with van der Waals surface area (Å²) in [6.45, 7) is 19.3. The summed E-state index contributed by atoms with van der Waals surface area (Å²) in [5, 5.41) is 0.166. The summed E-state index contributed by atoms with van der Waals surface area (Å²) in [6.07, 6.45) is 4.21. The van der Waals surface area contributed by atoms with E-state index in [9.17, 15) is 4.79 Å². The summed E-state index contributed by atoms with van der Waals surface area (Å²) in [4.78, 5) is 12.6. The molecule has 1 saturated carbocycles. The zero-order chi connectivity index (χ0) is 19.6. The SMILES string of the molecule is CC1(C)C2=CC(=O)CC3(OCCO3)[C@]2(C)CC[C@@H]1O[Si](C)(C)C(C)(C)C. The van der Waals surface area contributed by atoms with Gasteiger partial charge in [-0.3, -0.25) is 4.79 Å². The van der Waals surface area contributed by atoms with Crippen LogP contribution in [0, 0.1) is 10.8 Å². The number of hydrogen-bond donors (Lipinski definition) is 0. The third-order valence-electron chi connectivity index (χ3n) is 7.55. The molecule has 0 unspecified atom stereocenters. The van der Waals surface area contributed by atoms with Gasteiger partial charge in [-0.25, -0.2) is 0 Å². The highest BCUT2D eigenvalue weighted by Gasteiger charge is 2.63. The van der Waals surface area contributed by atoms with Crippen molar-refractivity contribution in [2.24, 2.45) is 10.8 Å². The van der Waals surface area contributed by atoms with Crippen molar-refractivity contribution in [2.45, 2.75) is 90.8 Å². The number of fused-ring (bicyclic) bond motifs is 2. The van der Waals surface area contributed by atoms with Crippen molar-refractivity contribution < 1.29 is 18.7 Å². The minimum absolute atomic E-state index is 0.112. The Morgan fingerprint density at radius 3 is 2.27 bits per heavy atom. The second kappa shape index (κ2) is 6.00. The van der Waals surface area contributed by atoms with Crippen LogP contribution in [0.2, 0.25) is 18.1 Å². The normalized spacial score (nSPS) is 33.9. The topological polar surface area (TPSA) is 44.8 Å². The number of ketones is 1. The summed E-state index contributed by atoms with van der Waals surface area (Å²) in [5.74, 6) is -0.673. The molecule has 0 amide bonds. The molecule has 2 atom stereocenters. The predicted molar refractivity (Wildman–Crippen MR) is 106 cm³/mol. The number of carbonyl (C=O) groups excluding carboxylic acids is 1. The molecule has 26 heavy (non-hydrogen) atoms. The summed E-state index contributed by atoms with van der Waals surface area (Å²) in [7, 11) is -1.89. The van der Waals surface area contributed by atoms with Gasteiger partial charge in [0.25, 0.3) is 0 Å². The van der Waals surface area contributed by atoms with Gasteiger partial charge in [-0.1, -0.05) is 41.5 Å². The Balaban J connectivity index is 1.97. The van der Waals surface area contributed by atoms with Crippen LogP contribution in [0.4, 0.5) is 0 Å². The van der Waals surface area contributed by atoms with E-state index < -0.39 is 14.1 Å². The molecule has 5 heteroatoms. The van der Waals surface area contributed by atoms with E-state index in [0.717, 1.165) is 18.4 Å². The highest BCUT2D eigenvalue weighted by atomic mass is 28.4. The lowest BCUT2D eigenvalue weighted by Crippen LogP contribution is -2.60. The lowest BCUT2D eigenvalue weighted by molar-refractivity contribution is -0.239. The fourth-order valence-corrected chi connectivity index (χ4v) is 6.27. The first-order valence-electron chi connectivity index (χ1n) is 9.96. The highest BCUT2D eigenvalue weighted by molar-refractivity contribution is 6.74. The zero-order valence-electron chi connectivity index (χ0n) is 17.8. The second-order valence-electron chi connectivity index (χ2n) is 10.6. The monoisotopic (exact) mass is 380 g/mol. The Morgan fingerprint density at radius 2 is 1.73 bits per heavy atom. The van der Waals surface area contributed by atoms with Crippen LogP contribution in [0.1, 0.15) is 60.8 Å². The van der Waals surface area contributed by atoms with Crippen LogP contribution in [-0.4, -0.2) is 39.2 Å². The summed E-state index contributed by atoms with van der Waals surface area (Å²) >= 11 is 0. The van der Waals surface area contributed by atoms with Crippen LogP contribution < -0.4 is 0 Å². The van der Waals surface area contributed by atoms with Gasteiger partial charge < -0.3 is 13.9 Å². The molecule has 0 aromatic carbocycles. The number of rotatable bonds is 2. The molecule has 0 aromatic heterocycles. The summed E-state index contributed by atoms with van der Waals surface area (Å²) < 4.78 is 19.0. The Bertz CT molecular complexity index is 622. The standard InChI is InChI=1S/C21H36O4Si/c1-18(2,3)26(7,8)25-17-9-10-20(6)16(19(17,4)5)13-15(22)14-21(20)23-11-12-24-21/h13,17H,9-12,14H2,1-8H3/t17-,20+/m0/s1. The minimum atomic E-state index is -1.89. The molecule has 1 heterocycles. The van der Waals surface area contributed by atoms with Gasteiger partial charge in [0, 0.05) is 10.8 Å². The molecule has 4 nitrogen and oxygen atoms in total. The van der Waals surface area contributed by atoms with Gasteiger partial charge in [0.15, 0.2) is 19.9 Å². The van der Waals surface area contributed by atoms with E-state index in [1.807, 2.05) is 6.08 Å². The largest absolute Gasteiger partial charge is 0.413 e. The van der Waals surface area contributed by atoms with E-state index in [0.29, 0.717) is 19.6 Å². The van der Waals surface area contributed by atoms with E-state index in [4.69, 9.17) is 13.9 Å². The number of carbonyl (C=O) groups is 1. The maximum Gasteiger partial charge on any atom is 0.192 e. The molecular weight excluding hydrogens is 344 g/mol. The smallest absolute Gasteiger partial charge is 0.192 e. The molecule has 2 aliphatic carbocycles. The van der Waals surface area contributed by atoms with Crippen molar-refractivity contribution in [1.82, 2.24) is 0 Å². The van der Waals surface area contributed by atoms with E-state index in [1.165, 1.54) is 0 Å². The van der Waals surface area contributed by atoms with Gasteiger partial charge in [-0.2, -0.15) is 0 Å². The van der Waals surface area contributed by atoms with Crippen molar-refractivity contribution in [3.8, 4) is 0 Å². The second-order valence-corrected chi connectivity index (χ2v) is 15.4. The van der Waals surface area contributed by atoms with Gasteiger partial charge in [-0.05, 0) is 42.6 Å². The van der Waals surface area contributed by atoms with Crippen LogP contribution in [-0.2, 0) is 18.7 Å². The van der Waals surface area contributed by atoms with Crippen LogP contribution in [0.25, 0.3) is 0 Å². The van der Waals surface area contributed by atoms with Gasteiger partial charge in [0.05, 0.1) is 25.7 Å². The average molecular weight is 381 g/mol. The van der Waals surface area contributed by atoms with Crippen LogP contribution >= 0.6 is 0 Å². The summed E-state index contributed by atoms with van der Waals surface area (Å²) in [6, 6.07) is 0. The van der Waals surface area contributed by atoms with Crippen LogP contribution in [0.5, 0.6) is 0 Å². The van der Waals surface area contributed by atoms with Gasteiger partial charge in [0.2, 0.25) is 0 Å². The number of hydrogen-bond acceptors (Lipinski definition) is 4. The maximum absolute atomic E-state index is 12.6. The number of ether oxygens (including phenoxy) is 2. The molecule has 0 radical (unpaired) electrons. The molecule has 3 aliphatic rings. The fourth-order valence-electron chi connectivity index (χ4n) is 4.79. The van der Waals surface area contributed by atoms with Crippen molar-refractivity contribution in [2.75, 3.05) is 13.2 Å². The van der Waals surface area contributed by atoms with E-state index in [2.05, 4.69) is 54.6 Å². The first-order valence-corrected chi connectivity index (χ1v) is 12.9. The lowest BCUT2D eigenvalue weighted by atomic mass is 9.53. The zero-order valence-corrected chi connectivity index (χ0v) is 18.8. The van der Waals surface area contributed by atoms with Crippen molar-refractivity contribution in [1.29, 1.82) is 0 Å². The molecule has 3 rings (SSSR count). The Morgan fingerprint density at radius 1 is 1.15 bits per heavy atom. The van der Waals surface area contributed by atoms with E-state index >= 15 is 0 Å². The van der Waals surface area contributed by atoms with Gasteiger partial charge in [0.1, 0.15) is 0 Å². The third kappa shape index (κ3) is 2.86. The fraction of sp³-hybridized carbons (Fsp3) is 0.857. The molecule has 1 saturated heterocycles. The lowest BCUT2D eigenvalue weighted by Gasteiger charge is -2.58. The highest BCUT2D eigenvalue weighted by Crippen LogP contribution is 2.61. The minimum Gasteiger partial charge on any atom is -0.413 e. The molecule has 1 aliphatic heterocycles. The molecule has 2 fully saturated rings. The van der Waals surface area contributed by atoms with Crippen molar-refractivity contribution in [3.05, 3.63) is 11.6 Å². The van der Waals surface area contributed by atoms with Crippen LogP contribution in [0.15, 0.2) is 11.6 Å². The Hall–Kier alpha value is -0.493. The maximum atomic E-state index is 12.6. The number of allylic oxidation sites excluding steroid dienone is 1. The van der Waals surface area contributed by atoms with Crippen LogP contribution in [0.3, 0.4) is 0 Å². The van der Waals surface area contributed by atoms with Gasteiger partial charge >= 0.3 is 0 Å². The molecule has 1 spiro atoms. The average Bonchev–Trinajstić information content (AvgIpc) is 2.94. The van der Waals surface area contributed by atoms with Crippen molar-refractivity contribution in [3.63, 3.8) is 0 Å². The predicted octanol–water partition coefficient (Wildman–Crippen LogP) is 4.85. The quantitative estimate of drug-likeness (QED) is 0.643.